The Morgan fingerprint density at radius 1 is 1.28 bits per heavy atom. The maximum absolute atomic E-state index is 12.3. The normalized spacial score (nSPS) is 22.4. The fraction of sp³-hybridized carbons (Fsp3) is 0.611. The molecule has 2 N–H and O–H groups in total. The molecule has 2 atom stereocenters. The Labute approximate surface area is 148 Å². The zero-order valence-electron chi connectivity index (χ0n) is 14.7. The Balaban J connectivity index is 1.57. The number of urea groups is 1. The summed E-state index contributed by atoms with van der Waals surface area (Å²) in [5.74, 6) is 1.09. The van der Waals surface area contributed by atoms with E-state index in [1.807, 2.05) is 24.3 Å². The van der Waals surface area contributed by atoms with E-state index < -0.39 is 0 Å². The lowest BCUT2D eigenvalue weighted by Gasteiger charge is -2.37. The maximum atomic E-state index is 12.3. The van der Waals surface area contributed by atoms with Gasteiger partial charge in [-0.3, -0.25) is 4.90 Å². The first kappa shape index (κ1) is 18.0. The number of rotatable bonds is 6. The summed E-state index contributed by atoms with van der Waals surface area (Å²) in [4.78, 5) is 14.7. The fourth-order valence-electron chi connectivity index (χ4n) is 3.47. The Kier molecular flexibility index (Phi) is 6.49. The number of anilines is 1. The summed E-state index contributed by atoms with van der Waals surface area (Å²) in [5, 5.41) is 5.87. The van der Waals surface area contributed by atoms with Gasteiger partial charge >= 0.3 is 6.03 Å². The SMILES string of the molecule is COc1ccccc1NC(=O)NCC(C1CCOC1)N1CCOCC1. The first-order valence-corrected chi connectivity index (χ1v) is 8.85. The molecule has 1 aromatic rings. The van der Waals surface area contributed by atoms with Gasteiger partial charge in [-0.25, -0.2) is 4.79 Å². The van der Waals surface area contributed by atoms with E-state index in [1.165, 1.54) is 0 Å². The first-order valence-electron chi connectivity index (χ1n) is 8.85. The molecular weight excluding hydrogens is 322 g/mol. The Morgan fingerprint density at radius 3 is 2.80 bits per heavy atom. The molecule has 0 aliphatic carbocycles. The van der Waals surface area contributed by atoms with Gasteiger partial charge in [0.2, 0.25) is 0 Å². The van der Waals surface area contributed by atoms with Crippen molar-refractivity contribution in [2.75, 3.05) is 58.5 Å². The summed E-state index contributed by atoms with van der Waals surface area (Å²) >= 11 is 0. The number of hydrogen-bond donors (Lipinski definition) is 2. The quantitative estimate of drug-likeness (QED) is 0.815. The second-order valence-electron chi connectivity index (χ2n) is 6.37. The number of amides is 2. The van der Waals surface area contributed by atoms with Crippen LogP contribution in [0.25, 0.3) is 0 Å². The number of para-hydroxylation sites is 2. The molecule has 3 rings (SSSR count). The maximum Gasteiger partial charge on any atom is 0.319 e. The molecule has 2 unspecified atom stereocenters. The van der Waals surface area contributed by atoms with E-state index in [0.29, 0.717) is 23.9 Å². The van der Waals surface area contributed by atoms with Crippen LogP contribution in [0.2, 0.25) is 0 Å². The standard InChI is InChI=1S/C18H27N3O4/c1-23-17-5-3-2-4-15(17)20-18(22)19-12-16(14-6-9-25-13-14)21-7-10-24-11-8-21/h2-5,14,16H,6-13H2,1H3,(H2,19,20,22). The molecule has 0 bridgehead atoms. The van der Waals surface area contributed by atoms with Crippen molar-refractivity contribution in [1.29, 1.82) is 0 Å². The van der Waals surface area contributed by atoms with E-state index in [2.05, 4.69) is 15.5 Å². The Bertz CT molecular complexity index is 557. The van der Waals surface area contributed by atoms with Crippen LogP contribution in [0, 0.1) is 5.92 Å². The first-order chi connectivity index (χ1) is 12.3. The number of carbonyl (C=O) groups excluding carboxylic acids is 1. The van der Waals surface area contributed by atoms with E-state index in [4.69, 9.17) is 14.2 Å². The summed E-state index contributed by atoms with van der Waals surface area (Å²) < 4.78 is 16.3. The molecule has 7 heteroatoms. The van der Waals surface area contributed by atoms with Crippen LogP contribution in [-0.4, -0.2) is 70.1 Å². The van der Waals surface area contributed by atoms with Crippen molar-refractivity contribution in [2.24, 2.45) is 5.92 Å². The van der Waals surface area contributed by atoms with Crippen LogP contribution >= 0.6 is 0 Å². The zero-order chi connectivity index (χ0) is 17.5. The van der Waals surface area contributed by atoms with Gasteiger partial charge < -0.3 is 24.8 Å². The molecule has 2 saturated heterocycles. The molecule has 1 aromatic carbocycles. The van der Waals surface area contributed by atoms with Crippen LogP contribution in [0.4, 0.5) is 10.5 Å². The van der Waals surface area contributed by atoms with Crippen molar-refractivity contribution in [1.82, 2.24) is 10.2 Å². The molecule has 2 amide bonds. The van der Waals surface area contributed by atoms with E-state index in [9.17, 15) is 4.79 Å². The lowest BCUT2D eigenvalue weighted by molar-refractivity contribution is 0.00222. The van der Waals surface area contributed by atoms with Crippen LogP contribution < -0.4 is 15.4 Å². The van der Waals surface area contributed by atoms with Gasteiger partial charge in [0, 0.05) is 38.2 Å². The molecule has 2 aliphatic heterocycles. The van der Waals surface area contributed by atoms with Crippen LogP contribution in [0.1, 0.15) is 6.42 Å². The third kappa shape index (κ3) is 4.84. The Hall–Kier alpha value is -1.83. The fourth-order valence-corrected chi connectivity index (χ4v) is 3.47. The third-order valence-electron chi connectivity index (χ3n) is 4.85. The number of methoxy groups -OCH3 is 1. The van der Waals surface area contributed by atoms with Crippen LogP contribution in [0.5, 0.6) is 5.75 Å². The van der Waals surface area contributed by atoms with Crippen molar-refractivity contribution in [3.05, 3.63) is 24.3 Å². The van der Waals surface area contributed by atoms with Gasteiger partial charge in [0.1, 0.15) is 5.75 Å². The number of carbonyl (C=O) groups is 1. The van der Waals surface area contributed by atoms with E-state index in [1.54, 1.807) is 7.11 Å². The number of morpholine rings is 1. The molecule has 0 aromatic heterocycles. The van der Waals surface area contributed by atoms with Gasteiger partial charge in [0.05, 0.1) is 32.6 Å². The highest BCUT2D eigenvalue weighted by Gasteiger charge is 2.31. The average molecular weight is 349 g/mol. The van der Waals surface area contributed by atoms with E-state index in [-0.39, 0.29) is 12.1 Å². The molecule has 2 fully saturated rings. The minimum atomic E-state index is -0.221. The zero-order valence-corrected chi connectivity index (χ0v) is 14.7. The monoisotopic (exact) mass is 349 g/mol. The molecule has 2 heterocycles. The molecule has 7 nitrogen and oxygen atoms in total. The van der Waals surface area contributed by atoms with Gasteiger partial charge in [0.15, 0.2) is 0 Å². The second kappa shape index (κ2) is 9.03. The summed E-state index contributed by atoms with van der Waals surface area (Å²) in [6.45, 7) is 5.45. The van der Waals surface area contributed by atoms with Crippen molar-refractivity contribution in [2.45, 2.75) is 12.5 Å². The number of nitrogens with one attached hydrogen (secondary N) is 2. The highest BCUT2D eigenvalue weighted by atomic mass is 16.5. The lowest BCUT2D eigenvalue weighted by Crippen LogP contribution is -2.52. The number of nitrogens with zero attached hydrogens (tertiary/aromatic N) is 1. The largest absolute Gasteiger partial charge is 0.495 e. The van der Waals surface area contributed by atoms with Crippen molar-refractivity contribution in [3.8, 4) is 5.75 Å². The van der Waals surface area contributed by atoms with E-state index >= 15 is 0 Å². The lowest BCUT2D eigenvalue weighted by atomic mass is 9.97. The van der Waals surface area contributed by atoms with Gasteiger partial charge in [0.25, 0.3) is 0 Å². The summed E-state index contributed by atoms with van der Waals surface area (Å²) in [7, 11) is 1.59. The van der Waals surface area contributed by atoms with Gasteiger partial charge in [-0.05, 0) is 18.6 Å². The summed E-state index contributed by atoms with van der Waals surface area (Å²) in [6.07, 6.45) is 1.04. The molecule has 0 spiro atoms. The van der Waals surface area contributed by atoms with Crippen molar-refractivity contribution in [3.63, 3.8) is 0 Å². The molecule has 25 heavy (non-hydrogen) atoms. The molecular formula is C18H27N3O4. The van der Waals surface area contributed by atoms with Gasteiger partial charge in [-0.1, -0.05) is 12.1 Å². The van der Waals surface area contributed by atoms with Gasteiger partial charge in [-0.15, -0.1) is 0 Å². The topological polar surface area (TPSA) is 72.1 Å². The van der Waals surface area contributed by atoms with Crippen LogP contribution in [-0.2, 0) is 9.47 Å². The average Bonchev–Trinajstić information content (AvgIpc) is 3.18. The number of benzene rings is 1. The van der Waals surface area contributed by atoms with Crippen LogP contribution in [0.3, 0.4) is 0 Å². The number of hydrogen-bond acceptors (Lipinski definition) is 5. The smallest absolute Gasteiger partial charge is 0.319 e. The Morgan fingerprint density at radius 2 is 2.08 bits per heavy atom. The van der Waals surface area contributed by atoms with Crippen molar-refractivity contribution >= 4 is 11.7 Å². The molecule has 0 saturated carbocycles. The highest BCUT2D eigenvalue weighted by Crippen LogP contribution is 2.24. The summed E-state index contributed by atoms with van der Waals surface area (Å²) in [5.41, 5.74) is 0.662. The predicted molar refractivity (Wildman–Crippen MR) is 95.1 cm³/mol. The molecule has 2 aliphatic rings. The predicted octanol–water partition coefficient (Wildman–Crippen LogP) is 1.55. The minimum absolute atomic E-state index is 0.221. The highest BCUT2D eigenvalue weighted by molar-refractivity contribution is 5.90. The van der Waals surface area contributed by atoms with Crippen molar-refractivity contribution < 1.29 is 19.0 Å². The number of ether oxygens (including phenoxy) is 3. The second-order valence-corrected chi connectivity index (χ2v) is 6.37. The molecule has 138 valence electrons. The minimum Gasteiger partial charge on any atom is -0.495 e. The van der Waals surface area contributed by atoms with Gasteiger partial charge in [-0.2, -0.15) is 0 Å². The summed E-state index contributed by atoms with van der Waals surface area (Å²) in [6, 6.07) is 7.43. The van der Waals surface area contributed by atoms with E-state index in [0.717, 1.165) is 45.9 Å². The third-order valence-corrected chi connectivity index (χ3v) is 4.85. The van der Waals surface area contributed by atoms with Crippen LogP contribution in [0.15, 0.2) is 24.3 Å². The molecule has 0 radical (unpaired) electrons.